The van der Waals surface area contributed by atoms with Crippen LogP contribution in [0, 0.1) is 0 Å². The molecule has 3 nitrogen and oxygen atoms in total. The Labute approximate surface area is 104 Å². The molecule has 0 aromatic heterocycles. The van der Waals surface area contributed by atoms with Crippen LogP contribution in [0.3, 0.4) is 0 Å². The van der Waals surface area contributed by atoms with Gasteiger partial charge in [0.05, 0.1) is 20.1 Å². The number of benzene rings is 1. The number of methoxy groups -OCH3 is 1. The van der Waals surface area contributed by atoms with Gasteiger partial charge in [-0.2, -0.15) is 0 Å². The number of carbonyl (C=O) groups excluding carboxylic acids is 1. The van der Waals surface area contributed by atoms with Crippen molar-refractivity contribution in [1.82, 2.24) is 0 Å². The van der Waals surface area contributed by atoms with E-state index in [9.17, 15) is 4.79 Å². The molecule has 16 heavy (non-hydrogen) atoms. The lowest BCUT2D eigenvalue weighted by Gasteiger charge is -2.04. The maximum Gasteiger partial charge on any atom is 0.310 e. The molecule has 0 aliphatic carbocycles. The molecule has 0 fully saturated rings. The summed E-state index contributed by atoms with van der Waals surface area (Å²) in [5.74, 6) is 0.600. The summed E-state index contributed by atoms with van der Waals surface area (Å²) in [6, 6.07) is 7.40. The van der Waals surface area contributed by atoms with Gasteiger partial charge in [0.15, 0.2) is 0 Å². The number of hydrogen-bond donors (Lipinski definition) is 0. The fraction of sp³-hybridized carbons (Fsp3) is 0.417. The Bertz CT molecular complexity index is 322. The van der Waals surface area contributed by atoms with Gasteiger partial charge in [0, 0.05) is 5.33 Å². The van der Waals surface area contributed by atoms with Gasteiger partial charge in [-0.3, -0.25) is 4.79 Å². The molecule has 0 aliphatic rings. The van der Waals surface area contributed by atoms with E-state index in [0.29, 0.717) is 13.0 Å². The lowest BCUT2D eigenvalue weighted by Crippen LogP contribution is -2.09. The van der Waals surface area contributed by atoms with Crippen LogP contribution in [0.15, 0.2) is 24.3 Å². The van der Waals surface area contributed by atoms with Gasteiger partial charge in [-0.15, -0.1) is 0 Å². The summed E-state index contributed by atoms with van der Waals surface area (Å²) < 4.78 is 10.1. The second-order valence-corrected chi connectivity index (χ2v) is 4.08. The minimum absolute atomic E-state index is 0.189. The molecule has 1 aromatic carbocycles. The molecule has 0 radical (unpaired) electrons. The third-order valence-corrected chi connectivity index (χ3v) is 2.61. The number of hydrogen-bond acceptors (Lipinski definition) is 3. The van der Waals surface area contributed by atoms with Gasteiger partial charge in [0.25, 0.3) is 0 Å². The first-order valence-corrected chi connectivity index (χ1v) is 6.23. The van der Waals surface area contributed by atoms with Crippen LogP contribution in [0.2, 0.25) is 0 Å². The first kappa shape index (κ1) is 13.0. The largest absolute Gasteiger partial charge is 0.497 e. The molecule has 0 saturated heterocycles. The van der Waals surface area contributed by atoms with Crippen molar-refractivity contribution in [3.05, 3.63) is 29.8 Å². The van der Waals surface area contributed by atoms with E-state index in [2.05, 4.69) is 15.9 Å². The number of rotatable bonds is 6. The van der Waals surface area contributed by atoms with E-state index in [0.717, 1.165) is 23.1 Å². The van der Waals surface area contributed by atoms with E-state index >= 15 is 0 Å². The average molecular weight is 287 g/mol. The Morgan fingerprint density at radius 1 is 1.31 bits per heavy atom. The van der Waals surface area contributed by atoms with Crippen molar-refractivity contribution >= 4 is 21.9 Å². The van der Waals surface area contributed by atoms with Crippen LogP contribution in [0.4, 0.5) is 0 Å². The molecule has 0 N–H and O–H groups in total. The summed E-state index contributed by atoms with van der Waals surface area (Å²) in [5, 5.41) is 0.850. The van der Waals surface area contributed by atoms with Crippen LogP contribution in [0.1, 0.15) is 12.0 Å². The number of halogens is 1. The number of carbonyl (C=O) groups is 1. The molecule has 0 heterocycles. The minimum Gasteiger partial charge on any atom is -0.497 e. The summed E-state index contributed by atoms with van der Waals surface area (Å²) in [6.07, 6.45) is 1.15. The van der Waals surface area contributed by atoms with Gasteiger partial charge in [-0.1, -0.05) is 28.1 Å². The van der Waals surface area contributed by atoms with Crippen LogP contribution in [0.5, 0.6) is 5.75 Å². The zero-order valence-electron chi connectivity index (χ0n) is 9.24. The van der Waals surface area contributed by atoms with Crippen molar-refractivity contribution in [2.45, 2.75) is 12.8 Å². The zero-order valence-corrected chi connectivity index (χ0v) is 10.8. The van der Waals surface area contributed by atoms with Gasteiger partial charge in [-0.05, 0) is 24.1 Å². The Hall–Kier alpha value is -1.03. The maximum atomic E-state index is 11.4. The fourth-order valence-electron chi connectivity index (χ4n) is 1.20. The molecule has 0 atom stereocenters. The molecule has 0 spiro atoms. The highest BCUT2D eigenvalue weighted by molar-refractivity contribution is 9.09. The molecular weight excluding hydrogens is 272 g/mol. The van der Waals surface area contributed by atoms with Crippen molar-refractivity contribution in [1.29, 1.82) is 0 Å². The van der Waals surface area contributed by atoms with Crippen molar-refractivity contribution in [3.63, 3.8) is 0 Å². The first-order valence-electron chi connectivity index (χ1n) is 5.11. The highest BCUT2D eigenvalue weighted by Crippen LogP contribution is 2.11. The molecule has 88 valence electrons. The smallest absolute Gasteiger partial charge is 0.310 e. The monoisotopic (exact) mass is 286 g/mol. The van der Waals surface area contributed by atoms with Gasteiger partial charge >= 0.3 is 5.97 Å². The lowest BCUT2D eigenvalue weighted by atomic mass is 10.1. The number of alkyl halides is 1. The first-order chi connectivity index (χ1) is 7.76. The van der Waals surface area contributed by atoms with Crippen LogP contribution in [-0.4, -0.2) is 25.0 Å². The molecule has 0 saturated carbocycles. The number of esters is 1. The van der Waals surface area contributed by atoms with Crippen LogP contribution in [-0.2, 0) is 16.0 Å². The van der Waals surface area contributed by atoms with Gasteiger partial charge in [0.2, 0.25) is 0 Å². The highest BCUT2D eigenvalue weighted by atomic mass is 79.9. The Morgan fingerprint density at radius 2 is 2.00 bits per heavy atom. The van der Waals surface area contributed by atoms with E-state index in [1.54, 1.807) is 7.11 Å². The topological polar surface area (TPSA) is 35.5 Å². The SMILES string of the molecule is COc1ccc(CC(=O)OCCCBr)cc1. The zero-order chi connectivity index (χ0) is 11.8. The lowest BCUT2D eigenvalue weighted by molar-refractivity contribution is -0.142. The van der Waals surface area contributed by atoms with E-state index < -0.39 is 0 Å². The van der Waals surface area contributed by atoms with Crippen molar-refractivity contribution in [2.75, 3.05) is 19.0 Å². The van der Waals surface area contributed by atoms with E-state index in [1.807, 2.05) is 24.3 Å². The molecule has 0 aliphatic heterocycles. The highest BCUT2D eigenvalue weighted by Gasteiger charge is 2.04. The summed E-state index contributed by atoms with van der Waals surface area (Å²) >= 11 is 3.28. The summed E-state index contributed by atoms with van der Waals surface area (Å²) in [6.45, 7) is 0.472. The predicted octanol–water partition coefficient (Wildman–Crippen LogP) is 2.57. The average Bonchev–Trinajstić information content (AvgIpc) is 2.30. The Kier molecular flexibility index (Phi) is 5.93. The Balaban J connectivity index is 2.37. The summed E-state index contributed by atoms with van der Waals surface area (Å²) in [4.78, 5) is 11.4. The van der Waals surface area contributed by atoms with Gasteiger partial charge in [-0.25, -0.2) is 0 Å². The predicted molar refractivity (Wildman–Crippen MR) is 66.1 cm³/mol. The van der Waals surface area contributed by atoms with Crippen LogP contribution < -0.4 is 4.74 Å². The Morgan fingerprint density at radius 3 is 2.56 bits per heavy atom. The summed E-state index contributed by atoms with van der Waals surface area (Å²) in [5.41, 5.74) is 0.935. The van der Waals surface area contributed by atoms with Crippen LogP contribution in [0.25, 0.3) is 0 Å². The second kappa shape index (κ2) is 7.28. The summed E-state index contributed by atoms with van der Waals surface area (Å²) in [7, 11) is 1.61. The van der Waals surface area contributed by atoms with Gasteiger partial charge < -0.3 is 9.47 Å². The van der Waals surface area contributed by atoms with E-state index in [-0.39, 0.29) is 5.97 Å². The standard InChI is InChI=1S/C12H15BrO3/c1-15-11-5-3-10(4-6-11)9-12(14)16-8-2-7-13/h3-6H,2,7-9H2,1H3. The third kappa shape index (κ3) is 4.66. The molecule has 0 bridgehead atoms. The molecule has 1 rings (SSSR count). The fourth-order valence-corrected chi connectivity index (χ4v) is 1.43. The van der Waals surface area contributed by atoms with Crippen molar-refractivity contribution in [2.24, 2.45) is 0 Å². The number of ether oxygens (including phenoxy) is 2. The van der Waals surface area contributed by atoms with Crippen molar-refractivity contribution in [3.8, 4) is 5.75 Å². The third-order valence-electron chi connectivity index (χ3n) is 2.05. The second-order valence-electron chi connectivity index (χ2n) is 3.29. The molecule has 0 amide bonds. The molecule has 4 heteroatoms. The normalized spacial score (nSPS) is 9.88. The molecule has 1 aromatic rings. The van der Waals surface area contributed by atoms with E-state index in [4.69, 9.17) is 9.47 Å². The maximum absolute atomic E-state index is 11.4. The molecule has 0 unspecified atom stereocenters. The minimum atomic E-state index is -0.189. The van der Waals surface area contributed by atoms with Gasteiger partial charge in [0.1, 0.15) is 5.75 Å². The quantitative estimate of drug-likeness (QED) is 0.458. The van der Waals surface area contributed by atoms with Crippen LogP contribution >= 0.6 is 15.9 Å². The van der Waals surface area contributed by atoms with E-state index in [1.165, 1.54) is 0 Å². The van der Waals surface area contributed by atoms with Crippen molar-refractivity contribution < 1.29 is 14.3 Å². The molecular formula is C12H15BrO3.